The molecule has 0 aliphatic carbocycles. The Labute approximate surface area is 125 Å². The van der Waals surface area contributed by atoms with Gasteiger partial charge in [0.15, 0.2) is 5.96 Å². The summed E-state index contributed by atoms with van der Waals surface area (Å²) in [7, 11) is 1.86. The zero-order valence-electron chi connectivity index (χ0n) is 13.9. The normalized spacial score (nSPS) is 22.0. The number of nitrogens with one attached hydrogen (secondary N) is 2. The monoisotopic (exact) mass is 282 g/mol. The molecular weight excluding hydrogens is 248 g/mol. The van der Waals surface area contributed by atoms with E-state index in [1.54, 1.807) is 0 Å². The molecule has 2 atom stereocenters. The van der Waals surface area contributed by atoms with Gasteiger partial charge in [-0.1, -0.05) is 33.1 Å². The van der Waals surface area contributed by atoms with Crippen LogP contribution in [0.4, 0.5) is 0 Å². The fraction of sp³-hybridized carbons (Fsp3) is 0.938. The Morgan fingerprint density at radius 3 is 2.80 bits per heavy atom. The second-order valence-electron chi connectivity index (χ2n) is 5.92. The van der Waals surface area contributed by atoms with Gasteiger partial charge in [-0.05, 0) is 39.3 Å². The van der Waals surface area contributed by atoms with E-state index < -0.39 is 0 Å². The smallest absolute Gasteiger partial charge is 0.191 e. The fourth-order valence-corrected chi connectivity index (χ4v) is 2.96. The first-order valence-electron chi connectivity index (χ1n) is 8.42. The molecule has 1 fully saturated rings. The minimum atomic E-state index is 0.499. The molecule has 1 heterocycles. The van der Waals surface area contributed by atoms with Crippen LogP contribution in [-0.4, -0.2) is 49.6 Å². The van der Waals surface area contributed by atoms with Gasteiger partial charge in [0.2, 0.25) is 0 Å². The van der Waals surface area contributed by atoms with Crippen LogP contribution >= 0.6 is 0 Å². The minimum absolute atomic E-state index is 0.499. The van der Waals surface area contributed by atoms with E-state index >= 15 is 0 Å². The van der Waals surface area contributed by atoms with Crippen molar-refractivity contribution in [3.8, 4) is 0 Å². The maximum atomic E-state index is 4.34. The first kappa shape index (κ1) is 17.3. The molecular formula is C16H34N4. The molecule has 1 aliphatic heterocycles. The average Bonchev–Trinajstić information content (AvgIpc) is 2.91. The number of unbranched alkanes of at least 4 members (excludes halogenated alkanes) is 2. The van der Waals surface area contributed by atoms with E-state index in [1.165, 1.54) is 45.1 Å². The largest absolute Gasteiger partial charge is 0.355 e. The van der Waals surface area contributed by atoms with Crippen molar-refractivity contribution in [2.45, 2.75) is 71.4 Å². The van der Waals surface area contributed by atoms with Crippen molar-refractivity contribution in [1.82, 2.24) is 15.5 Å². The molecule has 1 rings (SSSR count). The van der Waals surface area contributed by atoms with Crippen molar-refractivity contribution in [3.63, 3.8) is 0 Å². The van der Waals surface area contributed by atoms with Crippen LogP contribution in [0.15, 0.2) is 4.99 Å². The summed E-state index contributed by atoms with van der Waals surface area (Å²) in [4.78, 5) is 6.90. The van der Waals surface area contributed by atoms with Crippen molar-refractivity contribution < 1.29 is 0 Å². The zero-order valence-corrected chi connectivity index (χ0v) is 13.9. The van der Waals surface area contributed by atoms with Gasteiger partial charge in [0.25, 0.3) is 0 Å². The van der Waals surface area contributed by atoms with Crippen molar-refractivity contribution in [1.29, 1.82) is 0 Å². The van der Waals surface area contributed by atoms with Crippen LogP contribution in [0.3, 0.4) is 0 Å². The third-order valence-electron chi connectivity index (χ3n) is 4.26. The lowest BCUT2D eigenvalue weighted by atomic mass is 10.1. The highest BCUT2D eigenvalue weighted by Gasteiger charge is 2.22. The molecule has 1 saturated heterocycles. The third-order valence-corrected chi connectivity index (χ3v) is 4.26. The predicted octanol–water partition coefficient (Wildman–Crippen LogP) is 2.60. The van der Waals surface area contributed by atoms with Gasteiger partial charge in [-0.25, -0.2) is 0 Å². The lowest BCUT2D eigenvalue weighted by Gasteiger charge is -2.25. The van der Waals surface area contributed by atoms with Gasteiger partial charge < -0.3 is 10.6 Å². The first-order valence-corrected chi connectivity index (χ1v) is 8.42. The van der Waals surface area contributed by atoms with Crippen molar-refractivity contribution in [2.24, 2.45) is 4.99 Å². The van der Waals surface area contributed by atoms with Crippen LogP contribution in [0, 0.1) is 0 Å². The van der Waals surface area contributed by atoms with Crippen LogP contribution in [-0.2, 0) is 0 Å². The summed E-state index contributed by atoms with van der Waals surface area (Å²) in [6.45, 7) is 10.2. The summed E-state index contributed by atoms with van der Waals surface area (Å²) in [5.41, 5.74) is 0. The Kier molecular flexibility index (Phi) is 8.67. The third kappa shape index (κ3) is 6.12. The minimum Gasteiger partial charge on any atom is -0.355 e. The Hall–Kier alpha value is -0.770. The average molecular weight is 282 g/mol. The van der Waals surface area contributed by atoms with E-state index in [0.29, 0.717) is 12.1 Å². The topological polar surface area (TPSA) is 39.7 Å². The Bertz CT molecular complexity index is 278. The number of aliphatic imine (C=N–C) groups is 1. The van der Waals surface area contributed by atoms with Crippen molar-refractivity contribution >= 4 is 5.96 Å². The maximum Gasteiger partial charge on any atom is 0.191 e. The molecule has 4 nitrogen and oxygen atoms in total. The van der Waals surface area contributed by atoms with Gasteiger partial charge >= 0.3 is 0 Å². The summed E-state index contributed by atoms with van der Waals surface area (Å²) in [6, 6.07) is 1.17. The molecule has 1 aliphatic rings. The number of nitrogens with zero attached hydrogens (tertiary/aromatic N) is 2. The highest BCUT2D eigenvalue weighted by molar-refractivity contribution is 5.79. The summed E-state index contributed by atoms with van der Waals surface area (Å²) in [5.74, 6) is 0.956. The van der Waals surface area contributed by atoms with Gasteiger partial charge in [0.05, 0.1) is 0 Å². The number of hydrogen-bond donors (Lipinski definition) is 2. The van der Waals surface area contributed by atoms with Gasteiger partial charge in [0, 0.05) is 25.7 Å². The van der Waals surface area contributed by atoms with Gasteiger partial charge in [-0.15, -0.1) is 0 Å². The van der Waals surface area contributed by atoms with E-state index in [2.05, 4.69) is 41.3 Å². The molecule has 0 aromatic rings. The second kappa shape index (κ2) is 10.0. The lowest BCUT2D eigenvalue weighted by Crippen LogP contribution is -2.47. The molecule has 0 aromatic heterocycles. The maximum absolute atomic E-state index is 4.34. The molecule has 0 saturated carbocycles. The molecule has 4 heteroatoms. The molecule has 0 radical (unpaired) electrons. The van der Waals surface area contributed by atoms with Crippen LogP contribution in [0.2, 0.25) is 0 Å². The van der Waals surface area contributed by atoms with Gasteiger partial charge in [0.1, 0.15) is 0 Å². The first-order chi connectivity index (χ1) is 9.71. The molecule has 0 spiro atoms. The standard InChI is InChI=1S/C16H34N4/c1-5-7-8-10-14(3)19-16(17-4)18-13-15-11-9-12-20(15)6-2/h14-15H,5-13H2,1-4H3,(H2,17,18,19). The van der Waals surface area contributed by atoms with Crippen molar-refractivity contribution in [3.05, 3.63) is 0 Å². The summed E-state index contributed by atoms with van der Waals surface area (Å²) < 4.78 is 0. The van der Waals surface area contributed by atoms with Crippen LogP contribution in [0.25, 0.3) is 0 Å². The van der Waals surface area contributed by atoms with Crippen molar-refractivity contribution in [2.75, 3.05) is 26.7 Å². The Morgan fingerprint density at radius 2 is 2.15 bits per heavy atom. The zero-order chi connectivity index (χ0) is 14.8. The Balaban J connectivity index is 2.25. The molecule has 2 unspecified atom stereocenters. The molecule has 0 bridgehead atoms. The van der Waals surface area contributed by atoms with E-state index in [9.17, 15) is 0 Å². The number of likely N-dealkylation sites (N-methyl/N-ethyl adjacent to an activating group) is 1. The molecule has 118 valence electrons. The lowest BCUT2D eigenvalue weighted by molar-refractivity contribution is 0.267. The van der Waals surface area contributed by atoms with Crippen LogP contribution in [0.5, 0.6) is 0 Å². The summed E-state index contributed by atoms with van der Waals surface area (Å²) >= 11 is 0. The number of likely N-dealkylation sites (tertiary alicyclic amines) is 1. The molecule has 2 N–H and O–H groups in total. The number of hydrogen-bond acceptors (Lipinski definition) is 2. The van der Waals surface area contributed by atoms with Gasteiger partial charge in [-0.2, -0.15) is 0 Å². The molecule has 0 aromatic carbocycles. The Morgan fingerprint density at radius 1 is 1.35 bits per heavy atom. The van der Waals surface area contributed by atoms with E-state index in [-0.39, 0.29) is 0 Å². The van der Waals surface area contributed by atoms with Gasteiger partial charge in [-0.3, -0.25) is 9.89 Å². The van der Waals surface area contributed by atoms with E-state index in [4.69, 9.17) is 0 Å². The molecule has 0 amide bonds. The van der Waals surface area contributed by atoms with E-state index in [0.717, 1.165) is 19.0 Å². The second-order valence-corrected chi connectivity index (χ2v) is 5.92. The molecule has 20 heavy (non-hydrogen) atoms. The quantitative estimate of drug-likeness (QED) is 0.408. The van der Waals surface area contributed by atoms with E-state index in [1.807, 2.05) is 7.05 Å². The highest BCUT2D eigenvalue weighted by Crippen LogP contribution is 2.15. The fourth-order valence-electron chi connectivity index (χ4n) is 2.96. The van der Waals surface area contributed by atoms with Crippen LogP contribution in [0.1, 0.15) is 59.3 Å². The number of guanidine groups is 1. The SMILES string of the molecule is CCCCCC(C)NC(=NC)NCC1CCCN1CC. The highest BCUT2D eigenvalue weighted by atomic mass is 15.2. The van der Waals surface area contributed by atoms with Crippen LogP contribution < -0.4 is 10.6 Å². The number of rotatable bonds is 8. The predicted molar refractivity (Wildman–Crippen MR) is 88.4 cm³/mol. The summed E-state index contributed by atoms with van der Waals surface area (Å²) in [6.07, 6.45) is 7.77. The summed E-state index contributed by atoms with van der Waals surface area (Å²) in [5, 5.41) is 7.00.